The van der Waals surface area contributed by atoms with Gasteiger partial charge in [-0.05, 0) is 62.1 Å². The van der Waals surface area contributed by atoms with E-state index < -0.39 is 0 Å². The summed E-state index contributed by atoms with van der Waals surface area (Å²) in [5.41, 5.74) is 6.77. The number of hydrogen-bond acceptors (Lipinski definition) is 2. The maximum absolute atomic E-state index is 12.2. The second-order valence-electron chi connectivity index (χ2n) is 8.46. The van der Waals surface area contributed by atoms with Crippen LogP contribution in [-0.4, -0.2) is 22.0 Å². The number of aromatic nitrogens is 2. The Morgan fingerprint density at radius 3 is 2.44 bits per heavy atom. The highest BCUT2D eigenvalue weighted by Crippen LogP contribution is 2.20. The fourth-order valence-electron chi connectivity index (χ4n) is 4.04. The molecule has 1 amide bonds. The molecule has 0 radical (unpaired) electrons. The van der Waals surface area contributed by atoms with Crippen LogP contribution >= 0.6 is 0 Å². The molecule has 0 saturated heterocycles. The quantitative estimate of drug-likeness (QED) is 0.342. The average Bonchev–Trinajstić information content (AvgIpc) is 3.15. The lowest BCUT2D eigenvalue weighted by molar-refractivity contribution is 0.0953. The molecular formula is C28H31N3O. The number of nitrogens with one attached hydrogen (secondary N) is 1. The van der Waals surface area contributed by atoms with Gasteiger partial charge in [-0.2, -0.15) is 0 Å². The first-order valence-corrected chi connectivity index (χ1v) is 11.5. The zero-order valence-electron chi connectivity index (χ0n) is 19.0. The molecule has 0 aliphatic carbocycles. The van der Waals surface area contributed by atoms with Gasteiger partial charge in [0.1, 0.15) is 5.82 Å². The Kier molecular flexibility index (Phi) is 7.00. The van der Waals surface area contributed by atoms with Crippen LogP contribution < -0.4 is 5.32 Å². The summed E-state index contributed by atoms with van der Waals surface area (Å²) in [6, 6.07) is 24.6. The minimum absolute atomic E-state index is 0.00465. The normalized spacial score (nSPS) is 11.1. The van der Waals surface area contributed by atoms with Gasteiger partial charge in [-0.15, -0.1) is 0 Å². The number of nitrogens with zero attached hydrogens (tertiary/aromatic N) is 2. The first-order chi connectivity index (χ1) is 15.6. The molecule has 0 saturated carbocycles. The van der Waals surface area contributed by atoms with Crippen molar-refractivity contribution in [3.63, 3.8) is 0 Å². The first-order valence-electron chi connectivity index (χ1n) is 11.5. The Morgan fingerprint density at radius 1 is 0.875 bits per heavy atom. The standard InChI is InChI=1S/C28H31N3O/c1-21-15-17-23(18-16-21)28(32)29-19-9-3-4-14-27-30-25-12-7-8-13-26(25)31(27)20-24-11-6-5-10-22(24)2/h5-8,10-13,15-18H,3-4,9,14,19-20H2,1-2H3,(H,29,32). The average molecular weight is 426 g/mol. The minimum atomic E-state index is 0.00465. The van der Waals surface area contributed by atoms with Crippen molar-refractivity contribution in [1.82, 2.24) is 14.9 Å². The maximum Gasteiger partial charge on any atom is 0.251 e. The number of carbonyl (C=O) groups is 1. The molecule has 4 heteroatoms. The van der Waals surface area contributed by atoms with Gasteiger partial charge in [-0.1, -0.05) is 60.5 Å². The predicted molar refractivity (Wildman–Crippen MR) is 131 cm³/mol. The molecule has 0 fully saturated rings. The van der Waals surface area contributed by atoms with E-state index in [0.717, 1.165) is 54.7 Å². The zero-order valence-corrected chi connectivity index (χ0v) is 19.0. The van der Waals surface area contributed by atoms with Crippen molar-refractivity contribution in [3.05, 3.63) is 101 Å². The van der Waals surface area contributed by atoms with E-state index in [4.69, 9.17) is 4.98 Å². The second kappa shape index (κ2) is 10.3. The number of hydrogen-bond donors (Lipinski definition) is 1. The lowest BCUT2D eigenvalue weighted by Crippen LogP contribution is -2.24. The number of benzene rings is 3. The summed E-state index contributed by atoms with van der Waals surface area (Å²) >= 11 is 0. The van der Waals surface area contributed by atoms with Crippen LogP contribution in [0.1, 0.15) is 52.1 Å². The third kappa shape index (κ3) is 5.25. The number of imidazole rings is 1. The van der Waals surface area contributed by atoms with E-state index >= 15 is 0 Å². The molecule has 1 aromatic heterocycles. The largest absolute Gasteiger partial charge is 0.352 e. The van der Waals surface area contributed by atoms with E-state index in [1.165, 1.54) is 16.6 Å². The molecule has 4 nitrogen and oxygen atoms in total. The summed E-state index contributed by atoms with van der Waals surface area (Å²) in [6.07, 6.45) is 4.02. The maximum atomic E-state index is 12.2. The molecule has 1 heterocycles. The lowest BCUT2D eigenvalue weighted by Gasteiger charge is -2.12. The van der Waals surface area contributed by atoms with Crippen molar-refractivity contribution in [2.24, 2.45) is 0 Å². The Hall–Kier alpha value is -3.40. The van der Waals surface area contributed by atoms with Crippen molar-refractivity contribution >= 4 is 16.9 Å². The Morgan fingerprint density at radius 2 is 1.62 bits per heavy atom. The van der Waals surface area contributed by atoms with Crippen molar-refractivity contribution in [2.45, 2.75) is 46.1 Å². The van der Waals surface area contributed by atoms with Gasteiger partial charge >= 0.3 is 0 Å². The highest BCUT2D eigenvalue weighted by molar-refractivity contribution is 5.94. The number of aryl methyl sites for hydroxylation is 3. The van der Waals surface area contributed by atoms with E-state index in [2.05, 4.69) is 59.3 Å². The molecule has 0 bridgehead atoms. The second-order valence-corrected chi connectivity index (χ2v) is 8.46. The van der Waals surface area contributed by atoms with E-state index in [0.29, 0.717) is 6.54 Å². The molecule has 164 valence electrons. The van der Waals surface area contributed by atoms with Crippen LogP contribution in [0.5, 0.6) is 0 Å². The van der Waals surface area contributed by atoms with Crippen molar-refractivity contribution in [2.75, 3.05) is 6.54 Å². The van der Waals surface area contributed by atoms with Crippen LogP contribution in [0.2, 0.25) is 0 Å². The number of fused-ring (bicyclic) bond motifs is 1. The predicted octanol–water partition coefficient (Wildman–Crippen LogP) is 5.84. The molecule has 0 aliphatic rings. The number of para-hydroxylation sites is 2. The summed E-state index contributed by atoms with van der Waals surface area (Å²) in [6.45, 7) is 5.73. The molecule has 4 rings (SSSR count). The van der Waals surface area contributed by atoms with Crippen LogP contribution in [0, 0.1) is 13.8 Å². The SMILES string of the molecule is Cc1ccc(C(=O)NCCCCCc2nc3ccccc3n2Cc2ccccc2C)cc1. The molecule has 32 heavy (non-hydrogen) atoms. The fourth-order valence-corrected chi connectivity index (χ4v) is 4.04. The highest BCUT2D eigenvalue weighted by Gasteiger charge is 2.12. The zero-order chi connectivity index (χ0) is 22.3. The summed E-state index contributed by atoms with van der Waals surface area (Å²) in [4.78, 5) is 17.2. The van der Waals surface area contributed by atoms with Crippen LogP contribution in [0.15, 0.2) is 72.8 Å². The van der Waals surface area contributed by atoms with Crippen LogP contribution in [0.4, 0.5) is 0 Å². The summed E-state index contributed by atoms with van der Waals surface area (Å²) in [5.74, 6) is 1.14. The molecular weight excluding hydrogens is 394 g/mol. The van der Waals surface area contributed by atoms with Crippen LogP contribution in [0.25, 0.3) is 11.0 Å². The summed E-state index contributed by atoms with van der Waals surface area (Å²) in [5, 5.41) is 3.03. The van der Waals surface area contributed by atoms with Gasteiger partial charge in [-0.3, -0.25) is 4.79 Å². The minimum Gasteiger partial charge on any atom is -0.352 e. The smallest absolute Gasteiger partial charge is 0.251 e. The fraction of sp³-hybridized carbons (Fsp3) is 0.286. The van der Waals surface area contributed by atoms with E-state index in [1.54, 1.807) is 0 Å². The molecule has 0 unspecified atom stereocenters. The summed E-state index contributed by atoms with van der Waals surface area (Å²) < 4.78 is 2.36. The summed E-state index contributed by atoms with van der Waals surface area (Å²) in [7, 11) is 0. The highest BCUT2D eigenvalue weighted by atomic mass is 16.1. The molecule has 0 atom stereocenters. The molecule has 0 aliphatic heterocycles. The first kappa shape index (κ1) is 21.8. The Labute approximate surface area is 190 Å². The third-order valence-corrected chi connectivity index (χ3v) is 6.00. The van der Waals surface area contributed by atoms with E-state index in [9.17, 15) is 4.79 Å². The molecule has 0 spiro atoms. The topological polar surface area (TPSA) is 46.9 Å². The third-order valence-electron chi connectivity index (χ3n) is 6.00. The van der Waals surface area contributed by atoms with Crippen molar-refractivity contribution in [1.29, 1.82) is 0 Å². The number of rotatable bonds is 9. The van der Waals surface area contributed by atoms with Crippen LogP contribution in [0.3, 0.4) is 0 Å². The van der Waals surface area contributed by atoms with Gasteiger partial charge in [0.25, 0.3) is 5.91 Å². The van der Waals surface area contributed by atoms with Gasteiger partial charge in [0.15, 0.2) is 0 Å². The van der Waals surface area contributed by atoms with Crippen molar-refractivity contribution in [3.8, 4) is 0 Å². The van der Waals surface area contributed by atoms with Crippen molar-refractivity contribution < 1.29 is 4.79 Å². The van der Waals surface area contributed by atoms with E-state index in [-0.39, 0.29) is 5.91 Å². The van der Waals surface area contributed by atoms with Gasteiger partial charge in [0, 0.05) is 25.1 Å². The monoisotopic (exact) mass is 425 g/mol. The number of amides is 1. The van der Waals surface area contributed by atoms with Gasteiger partial charge in [0.2, 0.25) is 0 Å². The van der Waals surface area contributed by atoms with E-state index in [1.807, 2.05) is 37.3 Å². The molecule has 4 aromatic rings. The number of carbonyl (C=O) groups excluding carboxylic acids is 1. The van der Waals surface area contributed by atoms with Gasteiger partial charge < -0.3 is 9.88 Å². The Bertz CT molecular complexity index is 1190. The lowest BCUT2D eigenvalue weighted by atomic mass is 10.1. The van der Waals surface area contributed by atoms with Gasteiger partial charge in [-0.25, -0.2) is 4.98 Å². The Balaban J connectivity index is 1.33. The number of unbranched alkanes of at least 4 members (excludes halogenated alkanes) is 2. The molecule has 1 N–H and O–H groups in total. The molecule has 3 aromatic carbocycles. The van der Waals surface area contributed by atoms with Crippen LogP contribution in [-0.2, 0) is 13.0 Å². The van der Waals surface area contributed by atoms with Gasteiger partial charge in [0.05, 0.1) is 11.0 Å².